The van der Waals surface area contributed by atoms with Crippen molar-refractivity contribution >= 4 is 11.9 Å². The van der Waals surface area contributed by atoms with Gasteiger partial charge in [-0.15, -0.1) is 0 Å². The van der Waals surface area contributed by atoms with Crippen LogP contribution in [0.4, 0.5) is 0 Å². The summed E-state index contributed by atoms with van der Waals surface area (Å²) in [4.78, 5) is 24.5. The zero-order chi connectivity index (χ0) is 16.6. The first kappa shape index (κ1) is 18.0. The molecule has 3 atom stereocenters. The van der Waals surface area contributed by atoms with Crippen LogP contribution in [0.1, 0.15) is 61.8 Å². The average Bonchev–Trinajstić information content (AvgIpc) is 2.56. The van der Waals surface area contributed by atoms with Crippen molar-refractivity contribution in [3.63, 3.8) is 0 Å². The largest absolute Gasteiger partial charge is 0.462 e. The van der Waals surface area contributed by atoms with Crippen LogP contribution >= 0.6 is 0 Å². The number of hydrogen-bond donors (Lipinski definition) is 0. The van der Waals surface area contributed by atoms with E-state index in [0.29, 0.717) is 13.0 Å². The zero-order valence-electron chi connectivity index (χ0n) is 14.7. The van der Waals surface area contributed by atoms with E-state index in [1.807, 2.05) is 34.6 Å². The van der Waals surface area contributed by atoms with Crippen molar-refractivity contribution in [2.45, 2.75) is 67.9 Å². The summed E-state index contributed by atoms with van der Waals surface area (Å²) >= 11 is 0. The molecule has 0 saturated carbocycles. The first-order valence-corrected chi connectivity index (χ1v) is 7.66. The van der Waals surface area contributed by atoms with E-state index in [0.717, 1.165) is 0 Å². The van der Waals surface area contributed by atoms with Gasteiger partial charge >= 0.3 is 11.9 Å². The van der Waals surface area contributed by atoms with Crippen molar-refractivity contribution in [3.05, 3.63) is 0 Å². The summed E-state index contributed by atoms with van der Waals surface area (Å²) in [5.41, 5.74) is -0.931. The van der Waals surface area contributed by atoms with Crippen molar-refractivity contribution in [2.75, 3.05) is 6.61 Å². The lowest BCUT2D eigenvalue weighted by Gasteiger charge is -2.43. The Morgan fingerprint density at radius 1 is 1.19 bits per heavy atom. The summed E-state index contributed by atoms with van der Waals surface area (Å²) in [7, 11) is 0. The van der Waals surface area contributed by atoms with Crippen molar-refractivity contribution in [2.24, 2.45) is 22.2 Å². The number of rotatable bonds is 3. The second-order valence-corrected chi connectivity index (χ2v) is 8.75. The van der Waals surface area contributed by atoms with E-state index in [-0.39, 0.29) is 22.7 Å². The Kier molecular flexibility index (Phi) is 4.81. The fourth-order valence-corrected chi connectivity index (χ4v) is 2.73. The van der Waals surface area contributed by atoms with E-state index in [1.54, 1.807) is 0 Å². The minimum absolute atomic E-state index is 0.0111. The molecule has 0 amide bonds. The van der Waals surface area contributed by atoms with Gasteiger partial charge in [-0.1, -0.05) is 48.5 Å². The van der Waals surface area contributed by atoms with Gasteiger partial charge in [0.15, 0.2) is 0 Å². The highest BCUT2D eigenvalue weighted by Gasteiger charge is 2.50. The van der Waals surface area contributed by atoms with Gasteiger partial charge < -0.3 is 9.47 Å². The normalized spacial score (nSPS) is 26.2. The maximum Gasteiger partial charge on any atom is 0.347 e. The Bertz CT molecular complexity index is 413. The van der Waals surface area contributed by atoms with Gasteiger partial charge in [0.2, 0.25) is 6.10 Å². The smallest absolute Gasteiger partial charge is 0.347 e. The Balaban J connectivity index is 2.99. The second-order valence-electron chi connectivity index (χ2n) is 8.75. The van der Waals surface area contributed by atoms with Crippen LogP contribution in [0, 0.1) is 22.2 Å². The molecule has 4 nitrogen and oxygen atoms in total. The molecule has 0 aromatic heterocycles. The van der Waals surface area contributed by atoms with E-state index >= 15 is 0 Å². The molecule has 0 aromatic rings. The molecular weight excluding hydrogens is 268 g/mol. The molecule has 3 unspecified atom stereocenters. The molecule has 1 fully saturated rings. The number of carbonyl (C=O) groups is 2. The SMILES string of the molecule is CC1COC(=O)C1OC(=O)C(C)(CC(C)(C)C)C(C)(C)C. The van der Waals surface area contributed by atoms with Crippen molar-refractivity contribution < 1.29 is 19.1 Å². The third-order valence-corrected chi connectivity index (χ3v) is 4.46. The molecule has 21 heavy (non-hydrogen) atoms. The molecule has 4 heteroatoms. The van der Waals surface area contributed by atoms with E-state index < -0.39 is 17.5 Å². The fraction of sp³-hybridized carbons (Fsp3) is 0.882. The van der Waals surface area contributed by atoms with Gasteiger partial charge in [-0.3, -0.25) is 4.79 Å². The van der Waals surface area contributed by atoms with Crippen molar-refractivity contribution in [1.82, 2.24) is 0 Å². The molecule has 0 radical (unpaired) electrons. The van der Waals surface area contributed by atoms with Gasteiger partial charge in [-0.05, 0) is 24.2 Å². The highest BCUT2D eigenvalue weighted by molar-refractivity contribution is 5.83. The number of esters is 2. The van der Waals surface area contributed by atoms with Gasteiger partial charge in [-0.25, -0.2) is 4.79 Å². The molecule has 1 heterocycles. The molecule has 1 aliphatic rings. The summed E-state index contributed by atoms with van der Waals surface area (Å²) in [5, 5.41) is 0. The summed E-state index contributed by atoms with van der Waals surface area (Å²) in [6, 6.07) is 0. The van der Waals surface area contributed by atoms with Gasteiger partial charge in [0.1, 0.15) is 0 Å². The van der Waals surface area contributed by atoms with Crippen LogP contribution in [0.2, 0.25) is 0 Å². The van der Waals surface area contributed by atoms with Crippen LogP contribution in [0.15, 0.2) is 0 Å². The van der Waals surface area contributed by atoms with Gasteiger partial charge in [-0.2, -0.15) is 0 Å². The molecule has 1 saturated heterocycles. The minimum atomic E-state index is -0.765. The number of carbonyl (C=O) groups excluding carboxylic acids is 2. The summed E-state index contributed by atoms with van der Waals surface area (Å²) < 4.78 is 10.5. The predicted molar refractivity (Wildman–Crippen MR) is 81.6 cm³/mol. The Morgan fingerprint density at radius 2 is 1.71 bits per heavy atom. The van der Waals surface area contributed by atoms with E-state index in [2.05, 4.69) is 20.8 Å². The van der Waals surface area contributed by atoms with Crippen LogP contribution < -0.4 is 0 Å². The van der Waals surface area contributed by atoms with E-state index in [1.165, 1.54) is 0 Å². The van der Waals surface area contributed by atoms with Crippen molar-refractivity contribution in [3.8, 4) is 0 Å². The lowest BCUT2D eigenvalue weighted by molar-refractivity contribution is -0.176. The molecule has 0 aliphatic carbocycles. The summed E-state index contributed by atoms with van der Waals surface area (Å²) in [5.74, 6) is -0.816. The lowest BCUT2D eigenvalue weighted by Crippen LogP contribution is -2.46. The maximum absolute atomic E-state index is 12.8. The standard InChI is InChI=1S/C17H30O4/c1-11-9-20-13(18)12(11)21-14(19)17(8,16(5,6)7)10-15(2,3)4/h11-12H,9-10H2,1-8H3. The minimum Gasteiger partial charge on any atom is -0.462 e. The first-order chi connectivity index (χ1) is 9.28. The van der Waals surface area contributed by atoms with Crippen LogP contribution in [0.5, 0.6) is 0 Å². The summed E-state index contributed by atoms with van der Waals surface area (Å²) in [6.07, 6.45) is -0.0717. The van der Waals surface area contributed by atoms with Gasteiger partial charge in [0.25, 0.3) is 0 Å². The topological polar surface area (TPSA) is 52.6 Å². The third kappa shape index (κ3) is 3.98. The molecule has 0 N–H and O–H groups in total. The molecule has 0 bridgehead atoms. The quantitative estimate of drug-likeness (QED) is 0.747. The zero-order valence-corrected chi connectivity index (χ0v) is 14.7. The molecular formula is C17H30O4. The lowest BCUT2D eigenvalue weighted by atomic mass is 9.61. The predicted octanol–water partition coefficient (Wildman–Crippen LogP) is 3.58. The van der Waals surface area contributed by atoms with E-state index in [9.17, 15) is 9.59 Å². The first-order valence-electron chi connectivity index (χ1n) is 7.66. The Morgan fingerprint density at radius 3 is 2.05 bits per heavy atom. The van der Waals surface area contributed by atoms with Crippen LogP contribution in [-0.2, 0) is 19.1 Å². The van der Waals surface area contributed by atoms with Crippen LogP contribution in [0.25, 0.3) is 0 Å². The monoisotopic (exact) mass is 298 g/mol. The number of hydrogen-bond acceptors (Lipinski definition) is 4. The van der Waals surface area contributed by atoms with E-state index in [4.69, 9.17) is 9.47 Å². The van der Waals surface area contributed by atoms with Crippen molar-refractivity contribution in [1.29, 1.82) is 0 Å². The fourth-order valence-electron chi connectivity index (χ4n) is 2.73. The molecule has 122 valence electrons. The Labute approximate surface area is 128 Å². The summed E-state index contributed by atoms with van der Waals surface area (Å²) in [6.45, 7) is 16.6. The molecule has 0 spiro atoms. The van der Waals surface area contributed by atoms with Gasteiger partial charge in [0, 0.05) is 5.92 Å². The average molecular weight is 298 g/mol. The van der Waals surface area contributed by atoms with Crippen LogP contribution in [-0.4, -0.2) is 24.6 Å². The van der Waals surface area contributed by atoms with Crippen LogP contribution in [0.3, 0.4) is 0 Å². The van der Waals surface area contributed by atoms with Gasteiger partial charge in [0.05, 0.1) is 12.0 Å². The Hall–Kier alpha value is -1.06. The highest BCUT2D eigenvalue weighted by atomic mass is 16.6. The third-order valence-electron chi connectivity index (χ3n) is 4.46. The second kappa shape index (κ2) is 5.62. The maximum atomic E-state index is 12.8. The molecule has 1 rings (SSSR count). The number of cyclic esters (lactones) is 1. The highest BCUT2D eigenvalue weighted by Crippen LogP contribution is 2.47. The molecule has 1 aliphatic heterocycles. The molecule has 0 aromatic carbocycles. The number of ether oxygens (including phenoxy) is 2.